The highest BCUT2D eigenvalue weighted by atomic mass is 16.5. The van der Waals surface area contributed by atoms with Crippen molar-refractivity contribution in [2.75, 3.05) is 59.8 Å². The summed E-state index contributed by atoms with van der Waals surface area (Å²) in [5, 5.41) is 5.60. The van der Waals surface area contributed by atoms with Gasteiger partial charge in [-0.2, -0.15) is 15.0 Å². The van der Waals surface area contributed by atoms with E-state index in [2.05, 4.69) is 25.4 Å². The molecule has 2 fully saturated rings. The molecule has 2 aliphatic rings. The summed E-state index contributed by atoms with van der Waals surface area (Å²) in [7, 11) is 0. The second kappa shape index (κ2) is 9.15. The van der Waals surface area contributed by atoms with E-state index in [9.17, 15) is 4.79 Å². The van der Waals surface area contributed by atoms with Gasteiger partial charge in [0.2, 0.25) is 11.9 Å². The van der Waals surface area contributed by atoms with E-state index < -0.39 is 0 Å². The van der Waals surface area contributed by atoms with Crippen molar-refractivity contribution in [2.45, 2.75) is 6.42 Å². The van der Waals surface area contributed by atoms with Crippen LogP contribution in [0.3, 0.4) is 0 Å². The molecule has 10 heteroatoms. The molecule has 0 spiro atoms. The van der Waals surface area contributed by atoms with Gasteiger partial charge in [-0.1, -0.05) is 0 Å². The predicted molar refractivity (Wildman–Crippen MR) is 122 cm³/mol. The maximum absolute atomic E-state index is 12.2. The van der Waals surface area contributed by atoms with Crippen LogP contribution in [0.2, 0.25) is 0 Å². The Morgan fingerprint density at radius 1 is 0.781 bits per heavy atom. The molecule has 2 N–H and O–H groups in total. The van der Waals surface area contributed by atoms with E-state index >= 15 is 0 Å². The number of carbonyl (C=O) groups excluding carboxylic acids is 1. The molecule has 0 unspecified atom stereocenters. The molecule has 2 amide bonds. The zero-order valence-electron chi connectivity index (χ0n) is 17.6. The number of aromatic nitrogens is 4. The van der Waals surface area contributed by atoms with E-state index in [0.717, 1.165) is 38.2 Å². The Morgan fingerprint density at radius 2 is 1.38 bits per heavy atom. The van der Waals surface area contributed by atoms with Gasteiger partial charge in [-0.3, -0.25) is 4.98 Å². The number of ether oxygens (including phenoxy) is 1. The number of morpholine rings is 1. The summed E-state index contributed by atoms with van der Waals surface area (Å²) in [5.74, 6) is 2.01. The first kappa shape index (κ1) is 20.1. The summed E-state index contributed by atoms with van der Waals surface area (Å²) in [5.41, 5.74) is 2.21. The third-order valence-electron chi connectivity index (χ3n) is 5.38. The smallest absolute Gasteiger partial charge is 0.323 e. The van der Waals surface area contributed by atoms with Gasteiger partial charge in [0.15, 0.2) is 5.82 Å². The highest BCUT2D eigenvalue weighted by Gasteiger charge is 2.22. The molecule has 2 aromatic heterocycles. The lowest BCUT2D eigenvalue weighted by Crippen LogP contribution is -2.40. The molecule has 0 atom stereocenters. The molecule has 0 aliphatic carbocycles. The van der Waals surface area contributed by atoms with Crippen LogP contribution >= 0.6 is 0 Å². The highest BCUT2D eigenvalue weighted by Crippen LogP contribution is 2.25. The summed E-state index contributed by atoms with van der Waals surface area (Å²) in [6.07, 6.45) is 4.40. The zero-order chi connectivity index (χ0) is 21.8. The molecule has 2 aliphatic heterocycles. The van der Waals surface area contributed by atoms with Crippen molar-refractivity contribution in [1.29, 1.82) is 0 Å². The van der Waals surface area contributed by atoms with Crippen LogP contribution in [0, 0.1) is 0 Å². The minimum atomic E-state index is -0.321. The summed E-state index contributed by atoms with van der Waals surface area (Å²) >= 11 is 0. The van der Waals surface area contributed by atoms with E-state index in [1.165, 1.54) is 0 Å². The Balaban J connectivity index is 1.34. The molecule has 4 heterocycles. The molecule has 0 saturated carbocycles. The van der Waals surface area contributed by atoms with Crippen LogP contribution in [-0.2, 0) is 4.74 Å². The van der Waals surface area contributed by atoms with Crippen molar-refractivity contribution < 1.29 is 9.53 Å². The number of nitrogens with one attached hydrogen (secondary N) is 2. The average Bonchev–Trinajstić information content (AvgIpc) is 2.79. The largest absolute Gasteiger partial charge is 0.378 e. The van der Waals surface area contributed by atoms with Crippen LogP contribution in [0.25, 0.3) is 11.4 Å². The topological polar surface area (TPSA) is 108 Å². The summed E-state index contributed by atoms with van der Waals surface area (Å²) in [6.45, 7) is 4.78. The van der Waals surface area contributed by atoms with Gasteiger partial charge in [-0.15, -0.1) is 0 Å². The molecular formula is C22H24N8O2. The third-order valence-corrected chi connectivity index (χ3v) is 5.38. The van der Waals surface area contributed by atoms with Gasteiger partial charge < -0.3 is 25.2 Å². The van der Waals surface area contributed by atoms with Gasteiger partial charge in [-0.05, 0) is 42.8 Å². The number of urea groups is 1. The molecule has 3 aromatic rings. The number of hydrogen-bond acceptors (Lipinski definition) is 8. The summed E-state index contributed by atoms with van der Waals surface area (Å²) in [4.78, 5) is 34.6. The zero-order valence-corrected chi connectivity index (χ0v) is 17.6. The molecule has 2 saturated heterocycles. The van der Waals surface area contributed by atoms with E-state index in [1.807, 2.05) is 24.3 Å². The number of amides is 2. The summed E-state index contributed by atoms with van der Waals surface area (Å²) < 4.78 is 5.46. The number of benzene rings is 1. The fourth-order valence-corrected chi connectivity index (χ4v) is 3.48. The molecule has 0 radical (unpaired) electrons. The first-order chi connectivity index (χ1) is 15.7. The van der Waals surface area contributed by atoms with Crippen LogP contribution in [0.1, 0.15) is 6.42 Å². The molecule has 32 heavy (non-hydrogen) atoms. The van der Waals surface area contributed by atoms with Crippen LogP contribution < -0.4 is 20.4 Å². The van der Waals surface area contributed by atoms with Crippen molar-refractivity contribution in [3.63, 3.8) is 0 Å². The monoisotopic (exact) mass is 432 g/mol. The molecule has 10 nitrogen and oxygen atoms in total. The van der Waals surface area contributed by atoms with Crippen molar-refractivity contribution in [3.05, 3.63) is 48.8 Å². The Bertz CT molecular complexity index is 1070. The number of carbonyl (C=O) groups is 1. The first-order valence-corrected chi connectivity index (χ1v) is 10.7. The lowest BCUT2D eigenvalue weighted by molar-refractivity contribution is 0.122. The van der Waals surface area contributed by atoms with E-state index in [-0.39, 0.29) is 6.03 Å². The normalized spacial score (nSPS) is 15.8. The Hall–Kier alpha value is -3.79. The highest BCUT2D eigenvalue weighted by molar-refractivity contribution is 5.99. The van der Waals surface area contributed by atoms with Crippen LogP contribution in [0.5, 0.6) is 0 Å². The Labute approximate surface area is 185 Å². The van der Waals surface area contributed by atoms with E-state index in [4.69, 9.17) is 19.7 Å². The van der Waals surface area contributed by atoms with Gasteiger partial charge in [0.25, 0.3) is 0 Å². The van der Waals surface area contributed by atoms with Gasteiger partial charge in [0.05, 0.1) is 13.2 Å². The second-order valence-corrected chi connectivity index (χ2v) is 7.59. The maximum atomic E-state index is 12.2. The molecule has 5 rings (SSSR count). The number of pyridine rings is 1. The van der Waals surface area contributed by atoms with Crippen LogP contribution in [0.15, 0.2) is 48.8 Å². The van der Waals surface area contributed by atoms with E-state index in [1.54, 1.807) is 24.5 Å². The molecular weight excluding hydrogens is 408 g/mol. The number of hydrogen-bond donors (Lipinski definition) is 2. The van der Waals surface area contributed by atoms with Gasteiger partial charge in [-0.25, -0.2) is 4.79 Å². The van der Waals surface area contributed by atoms with Crippen LogP contribution in [0.4, 0.5) is 28.1 Å². The van der Waals surface area contributed by atoms with Crippen LogP contribution in [-0.4, -0.2) is 65.4 Å². The minimum Gasteiger partial charge on any atom is -0.378 e. The maximum Gasteiger partial charge on any atom is 0.323 e. The lowest BCUT2D eigenvalue weighted by Gasteiger charge is -2.32. The van der Waals surface area contributed by atoms with Crippen molar-refractivity contribution >= 4 is 29.3 Å². The lowest BCUT2D eigenvalue weighted by atomic mass is 10.2. The van der Waals surface area contributed by atoms with Gasteiger partial charge in [0.1, 0.15) is 0 Å². The van der Waals surface area contributed by atoms with Gasteiger partial charge >= 0.3 is 6.03 Å². The quantitative estimate of drug-likeness (QED) is 0.633. The van der Waals surface area contributed by atoms with E-state index in [0.29, 0.717) is 42.3 Å². The number of anilines is 4. The van der Waals surface area contributed by atoms with Gasteiger partial charge in [0, 0.05) is 55.5 Å². The fraction of sp³-hybridized carbons (Fsp3) is 0.318. The molecule has 0 bridgehead atoms. The van der Waals surface area contributed by atoms with Crippen molar-refractivity contribution in [2.24, 2.45) is 0 Å². The standard InChI is InChI=1S/C22H24N8O2/c31-22(25-18-6-8-23-9-7-18)24-17-4-2-16(3-5-17)19-26-20(29-10-1-11-29)28-21(27-19)30-12-14-32-15-13-30/h2-9H,1,10-15H2,(H2,23,24,25,31). The Morgan fingerprint density at radius 3 is 1.97 bits per heavy atom. The third kappa shape index (κ3) is 4.59. The second-order valence-electron chi connectivity index (χ2n) is 7.59. The van der Waals surface area contributed by atoms with Crippen molar-refractivity contribution in [1.82, 2.24) is 19.9 Å². The number of nitrogens with zero attached hydrogens (tertiary/aromatic N) is 6. The minimum absolute atomic E-state index is 0.321. The molecule has 164 valence electrons. The fourth-order valence-electron chi connectivity index (χ4n) is 3.48. The average molecular weight is 432 g/mol. The first-order valence-electron chi connectivity index (χ1n) is 10.7. The predicted octanol–water partition coefficient (Wildman–Crippen LogP) is 2.62. The SMILES string of the molecule is O=C(Nc1ccncc1)Nc1ccc(-c2nc(N3CCC3)nc(N3CCOCC3)n2)cc1. The number of rotatable bonds is 5. The van der Waals surface area contributed by atoms with Crippen molar-refractivity contribution in [3.8, 4) is 11.4 Å². The summed E-state index contributed by atoms with van der Waals surface area (Å²) in [6, 6.07) is 10.6. The Kier molecular flexibility index (Phi) is 5.75. The molecule has 1 aromatic carbocycles.